The third-order valence-corrected chi connectivity index (χ3v) is 6.43. The Balaban J connectivity index is 1.47. The van der Waals surface area contributed by atoms with Gasteiger partial charge < -0.3 is 14.7 Å². The molecule has 2 atom stereocenters. The highest BCUT2D eigenvalue weighted by atomic mass is 15.3. The van der Waals surface area contributed by atoms with Crippen LogP contribution in [0.3, 0.4) is 0 Å². The Bertz CT molecular complexity index is 340. The average molecular weight is 309 g/mol. The van der Waals surface area contributed by atoms with Gasteiger partial charge in [-0.15, -0.1) is 0 Å². The minimum Gasteiger partial charge on any atom is -0.306 e. The molecule has 3 aliphatic rings. The Morgan fingerprint density at radius 3 is 2.50 bits per heavy atom. The molecule has 3 aliphatic heterocycles. The Kier molecular flexibility index (Phi) is 5.77. The van der Waals surface area contributed by atoms with E-state index in [9.17, 15) is 0 Å². The maximum Gasteiger partial charge on any atom is 0.0233 e. The lowest BCUT2D eigenvalue weighted by Crippen LogP contribution is -2.55. The van der Waals surface area contributed by atoms with Crippen molar-refractivity contribution >= 4 is 0 Å². The Morgan fingerprint density at radius 1 is 1.00 bits per heavy atom. The number of fused-ring (bicyclic) bond motifs is 1. The van der Waals surface area contributed by atoms with E-state index in [0.29, 0.717) is 0 Å². The molecule has 22 heavy (non-hydrogen) atoms. The zero-order chi connectivity index (χ0) is 15.5. The summed E-state index contributed by atoms with van der Waals surface area (Å²) in [6.07, 6.45) is 6.91. The van der Waals surface area contributed by atoms with Crippen molar-refractivity contribution in [2.45, 2.75) is 57.2 Å². The molecular formula is C18H36N4. The van der Waals surface area contributed by atoms with Crippen LogP contribution < -0.4 is 0 Å². The van der Waals surface area contributed by atoms with Gasteiger partial charge in [0.2, 0.25) is 0 Å². The van der Waals surface area contributed by atoms with Gasteiger partial charge in [-0.2, -0.15) is 0 Å². The summed E-state index contributed by atoms with van der Waals surface area (Å²) in [6, 6.07) is 2.46. The second kappa shape index (κ2) is 7.61. The number of likely N-dealkylation sites (tertiary alicyclic amines) is 1. The molecule has 3 fully saturated rings. The highest BCUT2D eigenvalue weighted by Crippen LogP contribution is 2.25. The number of piperazine rings is 1. The fourth-order valence-corrected chi connectivity index (χ4v) is 4.82. The van der Waals surface area contributed by atoms with Crippen LogP contribution in [0.2, 0.25) is 0 Å². The highest BCUT2D eigenvalue weighted by molar-refractivity contribution is 4.91. The zero-order valence-electron chi connectivity index (χ0n) is 15.0. The van der Waals surface area contributed by atoms with E-state index in [2.05, 4.69) is 40.6 Å². The standard InChI is InChI=1S/C18H36N4/c1-4-21(16-7-11-19(2)12-8-16)13-9-17-15-22-10-5-6-18(22)14-20(17)3/h16-18H,4-15H2,1-3H3. The van der Waals surface area contributed by atoms with Gasteiger partial charge in [0.1, 0.15) is 0 Å². The molecule has 4 nitrogen and oxygen atoms in total. The van der Waals surface area contributed by atoms with E-state index in [0.717, 1.165) is 18.1 Å². The van der Waals surface area contributed by atoms with Crippen LogP contribution in [0.25, 0.3) is 0 Å². The first-order valence-corrected chi connectivity index (χ1v) is 9.54. The van der Waals surface area contributed by atoms with Gasteiger partial charge in [-0.3, -0.25) is 4.90 Å². The molecule has 0 radical (unpaired) electrons. The van der Waals surface area contributed by atoms with Gasteiger partial charge in [0.15, 0.2) is 0 Å². The van der Waals surface area contributed by atoms with Crippen LogP contribution in [-0.2, 0) is 0 Å². The molecule has 0 aromatic heterocycles. The van der Waals surface area contributed by atoms with Gasteiger partial charge in [-0.1, -0.05) is 6.92 Å². The van der Waals surface area contributed by atoms with Crippen molar-refractivity contribution in [3.63, 3.8) is 0 Å². The fraction of sp³-hybridized carbons (Fsp3) is 1.00. The molecule has 2 unspecified atom stereocenters. The van der Waals surface area contributed by atoms with Crippen LogP contribution in [0, 0.1) is 0 Å². The molecule has 0 amide bonds. The molecule has 0 aliphatic carbocycles. The van der Waals surface area contributed by atoms with Crippen LogP contribution in [0.1, 0.15) is 39.0 Å². The van der Waals surface area contributed by atoms with Gasteiger partial charge in [0.25, 0.3) is 0 Å². The molecule has 0 spiro atoms. The molecule has 0 aromatic carbocycles. The van der Waals surface area contributed by atoms with Gasteiger partial charge in [-0.25, -0.2) is 0 Å². The van der Waals surface area contributed by atoms with Crippen molar-refractivity contribution in [3.05, 3.63) is 0 Å². The Hall–Kier alpha value is -0.160. The van der Waals surface area contributed by atoms with Crippen molar-refractivity contribution in [1.82, 2.24) is 19.6 Å². The normalized spacial score (nSPS) is 32.7. The first-order valence-electron chi connectivity index (χ1n) is 9.54. The van der Waals surface area contributed by atoms with Crippen LogP contribution in [0.5, 0.6) is 0 Å². The third-order valence-electron chi connectivity index (χ3n) is 6.43. The van der Waals surface area contributed by atoms with Gasteiger partial charge in [-0.05, 0) is 78.9 Å². The highest BCUT2D eigenvalue weighted by Gasteiger charge is 2.34. The van der Waals surface area contributed by atoms with E-state index in [1.165, 1.54) is 77.9 Å². The third kappa shape index (κ3) is 3.84. The van der Waals surface area contributed by atoms with Gasteiger partial charge in [0.05, 0.1) is 0 Å². The largest absolute Gasteiger partial charge is 0.306 e. The Morgan fingerprint density at radius 2 is 1.77 bits per heavy atom. The lowest BCUT2D eigenvalue weighted by Gasteiger charge is -2.43. The van der Waals surface area contributed by atoms with E-state index >= 15 is 0 Å². The summed E-state index contributed by atoms with van der Waals surface area (Å²) in [6.45, 7) is 11.4. The van der Waals surface area contributed by atoms with E-state index < -0.39 is 0 Å². The van der Waals surface area contributed by atoms with Crippen molar-refractivity contribution in [1.29, 1.82) is 0 Å². The molecule has 0 saturated carbocycles. The predicted molar refractivity (Wildman–Crippen MR) is 93.4 cm³/mol. The minimum absolute atomic E-state index is 0.773. The van der Waals surface area contributed by atoms with Gasteiger partial charge in [0, 0.05) is 31.2 Å². The van der Waals surface area contributed by atoms with E-state index in [4.69, 9.17) is 0 Å². The van der Waals surface area contributed by atoms with Crippen LogP contribution in [0.4, 0.5) is 0 Å². The number of hydrogen-bond donors (Lipinski definition) is 0. The molecule has 3 rings (SSSR count). The lowest BCUT2D eigenvalue weighted by molar-refractivity contribution is 0.0522. The summed E-state index contributed by atoms with van der Waals surface area (Å²) >= 11 is 0. The second-order valence-corrected chi connectivity index (χ2v) is 7.84. The quantitative estimate of drug-likeness (QED) is 0.764. The van der Waals surface area contributed by atoms with E-state index in [1.807, 2.05) is 0 Å². The molecule has 3 saturated heterocycles. The molecule has 128 valence electrons. The maximum atomic E-state index is 2.76. The fourth-order valence-electron chi connectivity index (χ4n) is 4.82. The first kappa shape index (κ1) is 16.7. The van der Waals surface area contributed by atoms with Crippen LogP contribution >= 0.6 is 0 Å². The van der Waals surface area contributed by atoms with Crippen molar-refractivity contribution in [2.75, 3.05) is 59.9 Å². The minimum atomic E-state index is 0.773. The number of piperidine rings is 1. The molecule has 3 heterocycles. The van der Waals surface area contributed by atoms with Gasteiger partial charge >= 0.3 is 0 Å². The monoisotopic (exact) mass is 308 g/mol. The average Bonchev–Trinajstić information content (AvgIpc) is 2.96. The SMILES string of the molecule is CCN(CCC1CN2CCCC2CN1C)C1CCN(C)CC1. The van der Waals surface area contributed by atoms with Crippen molar-refractivity contribution in [3.8, 4) is 0 Å². The number of hydrogen-bond acceptors (Lipinski definition) is 4. The molecule has 0 N–H and O–H groups in total. The summed E-state index contributed by atoms with van der Waals surface area (Å²) in [4.78, 5) is 10.6. The topological polar surface area (TPSA) is 13.0 Å². The van der Waals surface area contributed by atoms with E-state index in [-0.39, 0.29) is 0 Å². The molecule has 0 aromatic rings. The maximum absolute atomic E-state index is 2.76. The number of nitrogens with zero attached hydrogens (tertiary/aromatic N) is 4. The molecule has 0 bridgehead atoms. The summed E-state index contributed by atoms with van der Waals surface area (Å²) in [5, 5.41) is 0. The van der Waals surface area contributed by atoms with Crippen molar-refractivity contribution in [2.24, 2.45) is 0 Å². The number of likely N-dealkylation sites (N-methyl/N-ethyl adjacent to an activating group) is 1. The van der Waals surface area contributed by atoms with Crippen LogP contribution in [-0.4, -0.2) is 97.6 Å². The van der Waals surface area contributed by atoms with E-state index in [1.54, 1.807) is 0 Å². The molecule has 4 heteroatoms. The number of rotatable bonds is 5. The Labute approximate surface area is 137 Å². The van der Waals surface area contributed by atoms with Crippen LogP contribution in [0.15, 0.2) is 0 Å². The predicted octanol–water partition coefficient (Wildman–Crippen LogP) is 1.57. The van der Waals surface area contributed by atoms with Crippen molar-refractivity contribution < 1.29 is 0 Å². The summed E-state index contributed by atoms with van der Waals surface area (Å²) in [7, 11) is 4.61. The molecular weight excluding hydrogens is 272 g/mol. The zero-order valence-corrected chi connectivity index (χ0v) is 15.0. The summed E-state index contributed by atoms with van der Waals surface area (Å²) in [5.74, 6) is 0. The summed E-state index contributed by atoms with van der Waals surface area (Å²) < 4.78 is 0. The summed E-state index contributed by atoms with van der Waals surface area (Å²) in [5.41, 5.74) is 0. The lowest BCUT2D eigenvalue weighted by atomic mass is 10.0. The first-order chi connectivity index (χ1) is 10.7. The second-order valence-electron chi connectivity index (χ2n) is 7.84. The smallest absolute Gasteiger partial charge is 0.0233 e.